The highest BCUT2D eigenvalue weighted by Gasteiger charge is 2.14. The molecule has 1 amide bonds. The molecule has 0 radical (unpaired) electrons. The number of likely N-dealkylation sites (N-methyl/N-ethyl adjacent to an activating group) is 1. The van der Waals surface area contributed by atoms with Crippen molar-refractivity contribution >= 4 is 17.4 Å². The van der Waals surface area contributed by atoms with Crippen molar-refractivity contribution in [3.8, 4) is 17.0 Å². The standard InChI is InChI=1S/C29H31N7O2/c1-21-5-10-25(16-26(21)32-28-19-31-18-27(33-28)24-4-3-11-30-17-24)38-34-29(37)23-8-6-22(7-9-23)20-36-14-12-35(2)13-15-36/h3-11,16-19H,12-15,20H2,1-2H3,(H,32,33)(H,34,37). The van der Waals surface area contributed by atoms with Crippen LogP contribution in [0.3, 0.4) is 0 Å². The third-order valence-corrected chi connectivity index (χ3v) is 6.54. The topological polar surface area (TPSA) is 95.5 Å². The second-order valence-corrected chi connectivity index (χ2v) is 9.44. The van der Waals surface area contributed by atoms with Gasteiger partial charge in [-0.05, 0) is 55.4 Å². The molecule has 2 N–H and O–H groups in total. The van der Waals surface area contributed by atoms with Gasteiger partial charge in [-0.2, -0.15) is 5.48 Å². The summed E-state index contributed by atoms with van der Waals surface area (Å²) in [5, 5.41) is 3.29. The van der Waals surface area contributed by atoms with Gasteiger partial charge in [-0.15, -0.1) is 0 Å². The highest BCUT2D eigenvalue weighted by molar-refractivity contribution is 5.93. The molecular weight excluding hydrogens is 478 g/mol. The largest absolute Gasteiger partial charge is 0.379 e. The molecule has 38 heavy (non-hydrogen) atoms. The second kappa shape index (κ2) is 11.8. The predicted molar refractivity (Wildman–Crippen MR) is 147 cm³/mol. The number of nitrogens with zero attached hydrogens (tertiary/aromatic N) is 5. The number of aryl methyl sites for hydroxylation is 1. The van der Waals surface area contributed by atoms with E-state index in [0.717, 1.165) is 55.2 Å². The third kappa shape index (κ3) is 6.50. The van der Waals surface area contributed by atoms with Crippen LogP contribution >= 0.6 is 0 Å². The summed E-state index contributed by atoms with van der Waals surface area (Å²) >= 11 is 0. The number of anilines is 2. The number of nitrogens with one attached hydrogen (secondary N) is 2. The lowest BCUT2D eigenvalue weighted by Crippen LogP contribution is -2.43. The summed E-state index contributed by atoms with van der Waals surface area (Å²) in [4.78, 5) is 36.1. The van der Waals surface area contributed by atoms with E-state index < -0.39 is 0 Å². The van der Waals surface area contributed by atoms with E-state index in [1.54, 1.807) is 30.9 Å². The van der Waals surface area contributed by atoms with Gasteiger partial charge in [-0.1, -0.05) is 18.2 Å². The van der Waals surface area contributed by atoms with Crippen LogP contribution in [0.15, 0.2) is 79.4 Å². The van der Waals surface area contributed by atoms with Gasteiger partial charge in [-0.25, -0.2) is 4.98 Å². The quantitative estimate of drug-likeness (QED) is 0.344. The molecule has 194 valence electrons. The van der Waals surface area contributed by atoms with E-state index >= 15 is 0 Å². The summed E-state index contributed by atoms with van der Waals surface area (Å²) in [6, 6.07) is 17.0. The normalized spacial score (nSPS) is 14.2. The van der Waals surface area contributed by atoms with Crippen LogP contribution in [0.4, 0.5) is 11.5 Å². The van der Waals surface area contributed by atoms with Crippen molar-refractivity contribution in [1.29, 1.82) is 0 Å². The molecule has 1 aliphatic heterocycles. The van der Waals surface area contributed by atoms with E-state index in [1.165, 1.54) is 5.56 Å². The van der Waals surface area contributed by atoms with Crippen molar-refractivity contribution in [3.05, 3.63) is 96.1 Å². The van der Waals surface area contributed by atoms with Gasteiger partial charge in [0.05, 0.1) is 18.1 Å². The minimum atomic E-state index is -0.304. The lowest BCUT2D eigenvalue weighted by Gasteiger charge is -2.32. The average Bonchev–Trinajstić information content (AvgIpc) is 2.95. The highest BCUT2D eigenvalue weighted by atomic mass is 16.7. The predicted octanol–water partition coefficient (Wildman–Crippen LogP) is 4.06. The number of carbonyl (C=O) groups is 1. The van der Waals surface area contributed by atoms with Crippen molar-refractivity contribution in [2.75, 3.05) is 38.5 Å². The number of hydroxylamine groups is 1. The van der Waals surface area contributed by atoms with Crippen LogP contribution < -0.4 is 15.6 Å². The fraction of sp³-hybridized carbons (Fsp3) is 0.241. The van der Waals surface area contributed by atoms with Gasteiger partial charge in [0.2, 0.25) is 0 Å². The van der Waals surface area contributed by atoms with Crippen molar-refractivity contribution in [2.45, 2.75) is 13.5 Å². The van der Waals surface area contributed by atoms with Gasteiger partial charge in [0.25, 0.3) is 5.91 Å². The molecule has 0 atom stereocenters. The molecule has 1 fully saturated rings. The number of carbonyl (C=O) groups excluding carboxylic acids is 1. The number of amides is 1. The SMILES string of the molecule is Cc1ccc(ONC(=O)c2ccc(CN3CCN(C)CC3)cc2)cc1Nc1cncc(-c2cccnc2)n1. The number of hydrogen-bond donors (Lipinski definition) is 2. The minimum Gasteiger partial charge on any atom is -0.379 e. The molecule has 5 rings (SSSR count). The number of aromatic nitrogens is 3. The zero-order valence-electron chi connectivity index (χ0n) is 21.6. The molecule has 9 heteroatoms. The highest BCUT2D eigenvalue weighted by Crippen LogP contribution is 2.25. The van der Waals surface area contributed by atoms with E-state index in [2.05, 4.69) is 42.6 Å². The Morgan fingerprint density at radius 1 is 0.974 bits per heavy atom. The Kier molecular flexibility index (Phi) is 7.86. The molecule has 1 aliphatic rings. The Morgan fingerprint density at radius 2 is 1.79 bits per heavy atom. The van der Waals surface area contributed by atoms with Crippen LogP contribution in [-0.4, -0.2) is 63.9 Å². The monoisotopic (exact) mass is 509 g/mol. The molecule has 4 aromatic rings. The Hall–Kier alpha value is -4.34. The first kappa shape index (κ1) is 25.3. The maximum Gasteiger partial charge on any atom is 0.283 e. The number of hydrogen-bond acceptors (Lipinski definition) is 8. The van der Waals surface area contributed by atoms with Crippen molar-refractivity contribution in [3.63, 3.8) is 0 Å². The van der Waals surface area contributed by atoms with Crippen LogP contribution in [0.1, 0.15) is 21.5 Å². The zero-order chi connectivity index (χ0) is 26.3. The molecule has 2 aromatic heterocycles. The first-order valence-corrected chi connectivity index (χ1v) is 12.6. The maximum atomic E-state index is 12.7. The first-order chi connectivity index (χ1) is 18.5. The Morgan fingerprint density at radius 3 is 2.55 bits per heavy atom. The number of rotatable bonds is 8. The number of pyridine rings is 1. The van der Waals surface area contributed by atoms with E-state index in [-0.39, 0.29) is 5.91 Å². The summed E-state index contributed by atoms with van der Waals surface area (Å²) in [5.74, 6) is 0.781. The van der Waals surface area contributed by atoms with E-state index in [1.807, 2.05) is 55.5 Å². The van der Waals surface area contributed by atoms with Gasteiger partial charge >= 0.3 is 0 Å². The molecule has 2 aromatic carbocycles. The van der Waals surface area contributed by atoms with E-state index in [4.69, 9.17) is 4.84 Å². The fourth-order valence-electron chi connectivity index (χ4n) is 4.21. The molecule has 3 heterocycles. The summed E-state index contributed by atoms with van der Waals surface area (Å²) in [7, 11) is 2.15. The number of piperazine rings is 1. The van der Waals surface area contributed by atoms with E-state index in [9.17, 15) is 4.79 Å². The van der Waals surface area contributed by atoms with Crippen LogP contribution in [0, 0.1) is 6.92 Å². The van der Waals surface area contributed by atoms with Crippen LogP contribution in [-0.2, 0) is 6.54 Å². The lowest BCUT2D eigenvalue weighted by molar-refractivity contribution is 0.0760. The molecule has 0 bridgehead atoms. The molecule has 9 nitrogen and oxygen atoms in total. The van der Waals surface area contributed by atoms with Crippen LogP contribution in [0.25, 0.3) is 11.3 Å². The Labute approximate surface area is 222 Å². The maximum absolute atomic E-state index is 12.7. The Bertz CT molecular complexity index is 1370. The van der Waals surface area contributed by atoms with Gasteiger partial charge in [0.15, 0.2) is 5.75 Å². The fourth-order valence-corrected chi connectivity index (χ4v) is 4.21. The average molecular weight is 510 g/mol. The molecule has 1 saturated heterocycles. The Balaban J connectivity index is 1.18. The van der Waals surface area contributed by atoms with Crippen molar-refractivity contribution < 1.29 is 9.63 Å². The van der Waals surface area contributed by atoms with Gasteiger partial charge in [-0.3, -0.25) is 19.7 Å². The second-order valence-electron chi connectivity index (χ2n) is 9.44. The molecule has 0 unspecified atom stereocenters. The molecule has 0 spiro atoms. The summed E-state index contributed by atoms with van der Waals surface area (Å²) < 4.78 is 0. The molecule has 0 saturated carbocycles. The van der Waals surface area contributed by atoms with Crippen LogP contribution in [0.5, 0.6) is 5.75 Å². The van der Waals surface area contributed by atoms with Gasteiger partial charge in [0, 0.05) is 68.0 Å². The summed E-state index contributed by atoms with van der Waals surface area (Å²) in [6.07, 6.45) is 6.82. The van der Waals surface area contributed by atoms with Crippen molar-refractivity contribution in [2.24, 2.45) is 0 Å². The first-order valence-electron chi connectivity index (χ1n) is 12.6. The summed E-state index contributed by atoms with van der Waals surface area (Å²) in [5.41, 5.74) is 7.67. The van der Waals surface area contributed by atoms with Crippen LogP contribution in [0.2, 0.25) is 0 Å². The van der Waals surface area contributed by atoms with Gasteiger partial charge < -0.3 is 15.1 Å². The lowest BCUT2D eigenvalue weighted by atomic mass is 10.1. The molecule has 0 aliphatic carbocycles. The van der Waals surface area contributed by atoms with Crippen molar-refractivity contribution in [1.82, 2.24) is 30.2 Å². The third-order valence-electron chi connectivity index (χ3n) is 6.54. The molecular formula is C29H31N7O2. The smallest absolute Gasteiger partial charge is 0.283 e. The zero-order valence-corrected chi connectivity index (χ0v) is 21.6. The van der Waals surface area contributed by atoms with E-state index in [0.29, 0.717) is 17.1 Å². The minimum absolute atomic E-state index is 0.304. The van der Waals surface area contributed by atoms with Gasteiger partial charge in [0.1, 0.15) is 5.82 Å². The number of benzene rings is 2. The summed E-state index contributed by atoms with van der Waals surface area (Å²) in [6.45, 7) is 7.15.